The molecule has 1 aliphatic rings. The van der Waals surface area contributed by atoms with Gasteiger partial charge in [-0.3, -0.25) is 0 Å². The summed E-state index contributed by atoms with van der Waals surface area (Å²) in [7, 11) is -0.897. The lowest BCUT2D eigenvalue weighted by Crippen LogP contribution is -2.61. The molecule has 1 nitrogen and oxygen atoms in total. The van der Waals surface area contributed by atoms with E-state index in [9.17, 15) is 0 Å². The molecule has 190 valence electrons. The van der Waals surface area contributed by atoms with Gasteiger partial charge in [0.2, 0.25) is 0 Å². The summed E-state index contributed by atoms with van der Waals surface area (Å²) in [4.78, 5) is 0. The van der Waals surface area contributed by atoms with E-state index in [2.05, 4.69) is 142 Å². The summed E-state index contributed by atoms with van der Waals surface area (Å²) in [5, 5.41) is 5.89. The van der Waals surface area contributed by atoms with Crippen LogP contribution in [0.25, 0.3) is 0 Å². The third-order valence-electron chi connectivity index (χ3n) is 7.99. The number of ether oxygens (including phenoxy) is 1. The van der Waals surface area contributed by atoms with Crippen molar-refractivity contribution in [1.82, 2.24) is 0 Å². The first-order valence-corrected chi connectivity index (χ1v) is 16.5. The van der Waals surface area contributed by atoms with Crippen LogP contribution in [-0.4, -0.2) is 25.0 Å². The van der Waals surface area contributed by atoms with Gasteiger partial charge in [-0.05, 0) is 73.6 Å². The van der Waals surface area contributed by atoms with Crippen molar-refractivity contribution >= 4 is 37.1 Å². The van der Waals surface area contributed by atoms with Crippen molar-refractivity contribution in [3.05, 3.63) is 121 Å². The molecule has 0 radical (unpaired) electrons. The molecular formula is C34H38OP2. The van der Waals surface area contributed by atoms with Crippen molar-refractivity contribution in [2.45, 2.75) is 26.9 Å². The number of rotatable bonds is 10. The minimum absolute atomic E-state index is 0.152. The summed E-state index contributed by atoms with van der Waals surface area (Å²) in [5.41, 5.74) is 0.152. The van der Waals surface area contributed by atoms with Gasteiger partial charge in [0.25, 0.3) is 0 Å². The predicted octanol–water partition coefficient (Wildman–Crippen LogP) is 6.93. The zero-order valence-electron chi connectivity index (χ0n) is 22.2. The molecular weight excluding hydrogens is 486 g/mol. The molecule has 0 aliphatic heterocycles. The van der Waals surface area contributed by atoms with E-state index in [0.29, 0.717) is 17.9 Å². The van der Waals surface area contributed by atoms with Crippen LogP contribution in [0.3, 0.4) is 0 Å². The van der Waals surface area contributed by atoms with Crippen LogP contribution in [0.5, 0.6) is 0 Å². The van der Waals surface area contributed by atoms with Crippen LogP contribution < -0.4 is 21.2 Å². The van der Waals surface area contributed by atoms with Crippen molar-refractivity contribution in [1.29, 1.82) is 0 Å². The summed E-state index contributed by atoms with van der Waals surface area (Å²) in [6, 6.07) is 44.7. The topological polar surface area (TPSA) is 9.23 Å². The van der Waals surface area contributed by atoms with Gasteiger partial charge in [-0.15, -0.1) is 0 Å². The number of benzene rings is 4. The first-order chi connectivity index (χ1) is 18.1. The van der Waals surface area contributed by atoms with Gasteiger partial charge >= 0.3 is 0 Å². The van der Waals surface area contributed by atoms with Crippen molar-refractivity contribution in [3.8, 4) is 0 Å². The van der Waals surface area contributed by atoms with Crippen molar-refractivity contribution in [2.75, 3.05) is 18.9 Å². The molecule has 0 aromatic heterocycles. The fraction of sp³-hybridized carbons (Fsp3) is 0.294. The molecule has 0 N–H and O–H groups in total. The number of hydrogen-bond donors (Lipinski definition) is 0. The Labute approximate surface area is 225 Å². The third kappa shape index (κ3) is 5.76. The molecule has 0 heterocycles. The second kappa shape index (κ2) is 12.0. The highest BCUT2D eigenvalue weighted by molar-refractivity contribution is 7.73. The number of hydrogen-bond acceptors (Lipinski definition) is 1. The highest BCUT2D eigenvalue weighted by atomic mass is 31.1. The zero-order chi connectivity index (χ0) is 25.7. The average Bonchev–Trinajstić information content (AvgIpc) is 2.95. The maximum absolute atomic E-state index is 6.52. The fourth-order valence-corrected chi connectivity index (χ4v) is 11.6. The molecule has 1 fully saturated rings. The minimum Gasteiger partial charge on any atom is -0.378 e. The van der Waals surface area contributed by atoms with Crippen LogP contribution in [0.1, 0.15) is 20.8 Å². The van der Waals surface area contributed by atoms with Crippen LogP contribution in [0, 0.1) is 17.3 Å². The molecule has 3 heteroatoms. The summed E-state index contributed by atoms with van der Waals surface area (Å²) in [5.74, 6) is 1.15. The summed E-state index contributed by atoms with van der Waals surface area (Å²) in [6.07, 6.45) is 2.68. The van der Waals surface area contributed by atoms with Gasteiger partial charge in [-0.1, -0.05) is 135 Å². The summed E-state index contributed by atoms with van der Waals surface area (Å²) < 4.78 is 6.52. The molecule has 0 amide bonds. The van der Waals surface area contributed by atoms with Gasteiger partial charge in [0, 0.05) is 6.61 Å². The lowest BCUT2D eigenvalue weighted by Gasteiger charge is -2.59. The highest BCUT2D eigenvalue weighted by Crippen LogP contribution is 2.59. The van der Waals surface area contributed by atoms with Gasteiger partial charge in [-0.25, -0.2) is 0 Å². The zero-order valence-corrected chi connectivity index (χ0v) is 24.0. The molecule has 1 saturated carbocycles. The molecule has 0 bridgehead atoms. The molecule has 5 rings (SSSR count). The SMILES string of the molecule is CCO[C@H]1[C@@H](CP(c2ccccc2)c2ccccc2)[C@H](CP(c2ccccc2)c2ccccc2)C1(C)C. The second-order valence-corrected chi connectivity index (χ2v) is 15.0. The minimum atomic E-state index is -0.457. The average molecular weight is 525 g/mol. The highest BCUT2D eigenvalue weighted by Gasteiger charge is 2.57. The Kier molecular flexibility index (Phi) is 8.56. The van der Waals surface area contributed by atoms with Gasteiger partial charge in [-0.2, -0.15) is 0 Å². The predicted molar refractivity (Wildman–Crippen MR) is 164 cm³/mol. The van der Waals surface area contributed by atoms with E-state index < -0.39 is 15.8 Å². The maximum Gasteiger partial charge on any atom is 0.0663 e. The Morgan fingerprint density at radius 3 is 1.27 bits per heavy atom. The summed E-state index contributed by atoms with van der Waals surface area (Å²) >= 11 is 0. The second-order valence-electron chi connectivity index (χ2n) is 10.5. The Bertz CT molecular complexity index is 1150. The first kappa shape index (κ1) is 26.3. The lowest BCUT2D eigenvalue weighted by atomic mass is 9.54. The van der Waals surface area contributed by atoms with Crippen LogP contribution in [-0.2, 0) is 4.74 Å². The van der Waals surface area contributed by atoms with E-state index >= 15 is 0 Å². The van der Waals surface area contributed by atoms with E-state index in [1.807, 2.05) is 0 Å². The molecule has 1 aliphatic carbocycles. The normalized spacial score (nSPS) is 20.6. The van der Waals surface area contributed by atoms with Crippen LogP contribution in [0.15, 0.2) is 121 Å². The van der Waals surface area contributed by atoms with Crippen molar-refractivity contribution in [2.24, 2.45) is 17.3 Å². The molecule has 0 spiro atoms. The third-order valence-corrected chi connectivity index (χ3v) is 13.2. The van der Waals surface area contributed by atoms with Gasteiger partial charge in [0.05, 0.1) is 6.10 Å². The largest absolute Gasteiger partial charge is 0.378 e. The van der Waals surface area contributed by atoms with Gasteiger partial charge in [0.15, 0.2) is 0 Å². The quantitative estimate of drug-likeness (QED) is 0.205. The van der Waals surface area contributed by atoms with Crippen LogP contribution in [0.2, 0.25) is 0 Å². The van der Waals surface area contributed by atoms with E-state index in [1.54, 1.807) is 0 Å². The molecule has 0 unspecified atom stereocenters. The fourth-order valence-electron chi connectivity index (χ4n) is 6.08. The van der Waals surface area contributed by atoms with E-state index in [-0.39, 0.29) is 5.41 Å². The van der Waals surface area contributed by atoms with Gasteiger partial charge in [0.1, 0.15) is 0 Å². The van der Waals surface area contributed by atoms with Crippen LogP contribution >= 0.6 is 15.8 Å². The van der Waals surface area contributed by atoms with E-state index in [0.717, 1.165) is 6.61 Å². The lowest BCUT2D eigenvalue weighted by molar-refractivity contribution is -0.172. The van der Waals surface area contributed by atoms with E-state index in [1.165, 1.54) is 33.5 Å². The smallest absolute Gasteiger partial charge is 0.0663 e. The van der Waals surface area contributed by atoms with Crippen molar-refractivity contribution in [3.63, 3.8) is 0 Å². The standard InChI is InChI=1S/C34H38OP2/c1-4-35-33-31(25-36(27-17-9-5-10-18-27)28-19-11-6-12-20-28)32(34(33,2)3)26-37(29-21-13-7-14-22-29)30-23-15-8-16-24-30/h5-24,31-33H,4,25-26H2,1-3H3/t31-,32-,33-/m0/s1. The molecule has 3 atom stereocenters. The van der Waals surface area contributed by atoms with Gasteiger partial charge < -0.3 is 4.74 Å². The molecule has 37 heavy (non-hydrogen) atoms. The Morgan fingerprint density at radius 2 is 0.919 bits per heavy atom. The van der Waals surface area contributed by atoms with Crippen molar-refractivity contribution < 1.29 is 4.74 Å². The Balaban J connectivity index is 1.50. The van der Waals surface area contributed by atoms with E-state index in [4.69, 9.17) is 4.74 Å². The molecule has 4 aromatic rings. The monoisotopic (exact) mass is 524 g/mol. The Morgan fingerprint density at radius 1 is 0.568 bits per heavy atom. The maximum atomic E-state index is 6.52. The molecule has 4 aromatic carbocycles. The summed E-state index contributed by atoms with van der Waals surface area (Å²) in [6.45, 7) is 7.83. The first-order valence-electron chi connectivity index (χ1n) is 13.5. The Hall–Kier alpha value is -2.30. The van der Waals surface area contributed by atoms with Crippen LogP contribution in [0.4, 0.5) is 0 Å². The molecule has 0 saturated heterocycles.